The highest BCUT2D eigenvalue weighted by Gasteiger charge is 2.19. The third-order valence-electron chi connectivity index (χ3n) is 4.99. The first-order valence-electron chi connectivity index (χ1n) is 9.32. The minimum absolute atomic E-state index is 0.0491. The molecule has 0 saturated carbocycles. The first kappa shape index (κ1) is 19.1. The molecule has 4 aromatic rings. The van der Waals surface area contributed by atoms with E-state index < -0.39 is 5.69 Å². The van der Waals surface area contributed by atoms with Crippen LogP contribution in [0.1, 0.15) is 32.2 Å². The number of hydrogen-bond acceptors (Lipinski definition) is 5. The lowest BCUT2D eigenvalue weighted by molar-refractivity contribution is 0.367. The van der Waals surface area contributed by atoms with Gasteiger partial charge in [0.15, 0.2) is 0 Å². The first-order chi connectivity index (χ1) is 14.0. The van der Waals surface area contributed by atoms with Gasteiger partial charge in [-0.1, -0.05) is 47.9 Å². The number of para-hydroxylation sites is 1. The summed E-state index contributed by atoms with van der Waals surface area (Å²) in [5, 5.41) is 4.97. The van der Waals surface area contributed by atoms with E-state index in [1.54, 1.807) is 36.4 Å². The van der Waals surface area contributed by atoms with Crippen molar-refractivity contribution in [2.45, 2.75) is 32.9 Å². The maximum atomic E-state index is 13.2. The van der Waals surface area contributed by atoms with Gasteiger partial charge < -0.3 is 4.52 Å². The van der Waals surface area contributed by atoms with Crippen molar-refractivity contribution in [3.05, 3.63) is 80.3 Å². The van der Waals surface area contributed by atoms with E-state index in [0.29, 0.717) is 33.7 Å². The lowest BCUT2D eigenvalue weighted by Crippen LogP contribution is -2.41. The van der Waals surface area contributed by atoms with Crippen molar-refractivity contribution < 1.29 is 4.52 Å². The average molecular weight is 411 g/mol. The Morgan fingerprint density at radius 1 is 1.10 bits per heavy atom. The molecular formula is C21H19ClN4O3. The third kappa shape index (κ3) is 3.38. The van der Waals surface area contributed by atoms with Crippen LogP contribution in [0.3, 0.4) is 0 Å². The molecule has 1 atom stereocenters. The summed E-state index contributed by atoms with van der Waals surface area (Å²) >= 11 is 6.21. The molecule has 0 aliphatic heterocycles. The minimum atomic E-state index is -0.402. The monoisotopic (exact) mass is 410 g/mol. The molecule has 7 nitrogen and oxygen atoms in total. The Morgan fingerprint density at radius 2 is 1.83 bits per heavy atom. The molecule has 4 rings (SSSR count). The van der Waals surface area contributed by atoms with Crippen LogP contribution in [0.4, 0.5) is 0 Å². The van der Waals surface area contributed by atoms with E-state index in [4.69, 9.17) is 16.1 Å². The predicted molar refractivity (Wildman–Crippen MR) is 111 cm³/mol. The SMILES string of the molecule is CC[C@H](C)n1c(=O)c2ccccc2n(Cc2nc(-c3ccccc3Cl)no2)c1=O. The second-order valence-corrected chi connectivity index (χ2v) is 7.22. The molecule has 0 fully saturated rings. The van der Waals surface area contributed by atoms with Gasteiger partial charge in [0, 0.05) is 11.6 Å². The summed E-state index contributed by atoms with van der Waals surface area (Å²) in [4.78, 5) is 30.4. The second kappa shape index (κ2) is 7.67. The van der Waals surface area contributed by atoms with Crippen molar-refractivity contribution in [3.63, 3.8) is 0 Å². The van der Waals surface area contributed by atoms with E-state index in [-0.39, 0.29) is 24.0 Å². The quantitative estimate of drug-likeness (QED) is 0.498. The molecule has 29 heavy (non-hydrogen) atoms. The standard InChI is InChI=1S/C21H19ClN4O3/c1-3-13(2)26-20(27)15-9-5-7-11-17(15)25(21(26)28)12-18-23-19(24-29-18)14-8-4-6-10-16(14)22/h4-11,13H,3,12H2,1-2H3/t13-/m0/s1. The van der Waals surface area contributed by atoms with Gasteiger partial charge in [-0.25, -0.2) is 4.79 Å². The second-order valence-electron chi connectivity index (χ2n) is 6.81. The number of rotatable bonds is 5. The van der Waals surface area contributed by atoms with E-state index in [2.05, 4.69) is 10.1 Å². The summed E-state index contributed by atoms with van der Waals surface area (Å²) in [6.45, 7) is 3.83. The van der Waals surface area contributed by atoms with Crippen LogP contribution >= 0.6 is 11.6 Å². The largest absolute Gasteiger partial charge is 0.337 e. The van der Waals surface area contributed by atoms with Crippen molar-refractivity contribution >= 4 is 22.5 Å². The summed E-state index contributed by atoms with van der Waals surface area (Å²) < 4.78 is 8.15. The number of hydrogen-bond donors (Lipinski definition) is 0. The Labute approximate surface area is 171 Å². The van der Waals surface area contributed by atoms with Gasteiger partial charge in [-0.3, -0.25) is 13.9 Å². The molecule has 0 aliphatic rings. The summed E-state index contributed by atoms with van der Waals surface area (Å²) in [5.74, 6) is 0.597. The summed E-state index contributed by atoms with van der Waals surface area (Å²) in [7, 11) is 0. The smallest absolute Gasteiger partial charge is 0.332 e. The average Bonchev–Trinajstić information content (AvgIpc) is 3.19. The Bertz CT molecular complexity index is 1310. The predicted octanol–water partition coefficient (Wildman–Crippen LogP) is 3.89. The summed E-state index contributed by atoms with van der Waals surface area (Å²) in [5.41, 5.74) is 0.476. The summed E-state index contributed by atoms with van der Waals surface area (Å²) in [6, 6.07) is 14.0. The van der Waals surface area contributed by atoms with E-state index >= 15 is 0 Å². The fraction of sp³-hybridized carbons (Fsp3) is 0.238. The highest BCUT2D eigenvalue weighted by Crippen LogP contribution is 2.25. The number of fused-ring (bicyclic) bond motifs is 1. The van der Waals surface area contributed by atoms with Gasteiger partial charge in [-0.05, 0) is 37.6 Å². The first-order valence-corrected chi connectivity index (χ1v) is 9.70. The topological polar surface area (TPSA) is 82.9 Å². The van der Waals surface area contributed by atoms with Crippen LogP contribution in [0, 0.1) is 0 Å². The molecule has 0 radical (unpaired) electrons. The normalized spacial score (nSPS) is 12.4. The fourth-order valence-electron chi connectivity index (χ4n) is 3.27. The zero-order chi connectivity index (χ0) is 20.5. The highest BCUT2D eigenvalue weighted by atomic mass is 35.5. The number of benzene rings is 2. The van der Waals surface area contributed by atoms with Crippen LogP contribution in [0.5, 0.6) is 0 Å². The van der Waals surface area contributed by atoms with Gasteiger partial charge in [-0.2, -0.15) is 4.98 Å². The van der Waals surface area contributed by atoms with Crippen LogP contribution in [-0.4, -0.2) is 19.3 Å². The Kier molecular flexibility index (Phi) is 5.07. The molecular weight excluding hydrogens is 392 g/mol. The van der Waals surface area contributed by atoms with Crippen LogP contribution in [0.2, 0.25) is 5.02 Å². The molecule has 0 amide bonds. The van der Waals surface area contributed by atoms with Crippen molar-refractivity contribution in [3.8, 4) is 11.4 Å². The molecule has 0 spiro atoms. The summed E-state index contributed by atoms with van der Waals surface area (Å²) in [6.07, 6.45) is 0.657. The van der Waals surface area contributed by atoms with Gasteiger partial charge in [0.1, 0.15) is 6.54 Å². The molecule has 0 N–H and O–H groups in total. The molecule has 148 valence electrons. The van der Waals surface area contributed by atoms with Gasteiger partial charge in [-0.15, -0.1) is 0 Å². The van der Waals surface area contributed by atoms with Gasteiger partial charge in [0.25, 0.3) is 5.56 Å². The highest BCUT2D eigenvalue weighted by molar-refractivity contribution is 6.33. The fourth-order valence-corrected chi connectivity index (χ4v) is 3.49. The molecule has 2 heterocycles. The molecule has 2 aromatic heterocycles. The van der Waals surface area contributed by atoms with Crippen LogP contribution in [0.15, 0.2) is 62.6 Å². The zero-order valence-corrected chi connectivity index (χ0v) is 16.8. The molecule has 0 saturated heterocycles. The molecule has 0 bridgehead atoms. The Balaban J connectivity index is 1.84. The van der Waals surface area contributed by atoms with E-state index in [0.717, 1.165) is 0 Å². The van der Waals surface area contributed by atoms with Crippen molar-refractivity contribution in [1.29, 1.82) is 0 Å². The maximum Gasteiger partial charge on any atom is 0.332 e. The van der Waals surface area contributed by atoms with Crippen LogP contribution < -0.4 is 11.2 Å². The number of aromatic nitrogens is 4. The molecule has 0 unspecified atom stereocenters. The van der Waals surface area contributed by atoms with E-state index in [1.807, 2.05) is 26.0 Å². The van der Waals surface area contributed by atoms with E-state index in [9.17, 15) is 9.59 Å². The van der Waals surface area contributed by atoms with Crippen LogP contribution in [-0.2, 0) is 6.54 Å². The third-order valence-corrected chi connectivity index (χ3v) is 5.32. The van der Waals surface area contributed by atoms with Gasteiger partial charge in [0.2, 0.25) is 11.7 Å². The van der Waals surface area contributed by atoms with E-state index in [1.165, 1.54) is 9.13 Å². The number of nitrogens with zero attached hydrogens (tertiary/aromatic N) is 4. The van der Waals surface area contributed by atoms with Crippen molar-refractivity contribution in [1.82, 2.24) is 19.3 Å². The number of halogens is 1. The molecule has 0 aliphatic carbocycles. The van der Waals surface area contributed by atoms with Crippen LogP contribution in [0.25, 0.3) is 22.3 Å². The zero-order valence-electron chi connectivity index (χ0n) is 16.0. The van der Waals surface area contributed by atoms with Gasteiger partial charge in [0.05, 0.1) is 15.9 Å². The minimum Gasteiger partial charge on any atom is -0.337 e. The van der Waals surface area contributed by atoms with Crippen molar-refractivity contribution in [2.75, 3.05) is 0 Å². The lowest BCUT2D eigenvalue weighted by Gasteiger charge is -2.16. The molecule has 2 aromatic carbocycles. The Hall–Kier alpha value is -3.19. The Morgan fingerprint density at radius 3 is 2.59 bits per heavy atom. The van der Waals surface area contributed by atoms with Crippen molar-refractivity contribution in [2.24, 2.45) is 0 Å². The molecule has 8 heteroatoms. The van der Waals surface area contributed by atoms with Gasteiger partial charge >= 0.3 is 5.69 Å². The lowest BCUT2D eigenvalue weighted by atomic mass is 10.2. The maximum absolute atomic E-state index is 13.2.